The molecule has 2 heterocycles. The van der Waals surface area contributed by atoms with E-state index in [0.717, 1.165) is 55.5 Å². The molecule has 2 aliphatic heterocycles. The predicted molar refractivity (Wildman–Crippen MR) is 118 cm³/mol. The second-order valence-corrected chi connectivity index (χ2v) is 11.1. The lowest BCUT2D eigenvalue weighted by atomic mass is 9.98. The van der Waals surface area contributed by atoms with Crippen LogP contribution in [0.25, 0.3) is 0 Å². The number of carbonyl (C=O) groups is 1. The van der Waals surface area contributed by atoms with Crippen molar-refractivity contribution in [1.29, 1.82) is 0 Å². The van der Waals surface area contributed by atoms with Gasteiger partial charge in [-0.15, -0.1) is 11.8 Å². The molecule has 0 aliphatic carbocycles. The normalized spacial score (nSPS) is 18.4. The first kappa shape index (κ1) is 20.2. The summed E-state index contributed by atoms with van der Waals surface area (Å²) in [7, 11) is 0. The van der Waals surface area contributed by atoms with Gasteiger partial charge in [0.2, 0.25) is 5.91 Å². The highest BCUT2D eigenvalue weighted by Gasteiger charge is 2.23. The van der Waals surface area contributed by atoms with Gasteiger partial charge in [-0.1, -0.05) is 49.5 Å². The van der Waals surface area contributed by atoms with Gasteiger partial charge in [0.1, 0.15) is 4.38 Å². The van der Waals surface area contributed by atoms with Gasteiger partial charge in [-0.05, 0) is 36.5 Å². The van der Waals surface area contributed by atoms with E-state index in [-0.39, 0.29) is 5.91 Å². The van der Waals surface area contributed by atoms with Crippen molar-refractivity contribution in [1.82, 2.24) is 4.90 Å². The molecule has 0 atom stereocenters. The fourth-order valence-corrected chi connectivity index (χ4v) is 6.24. The van der Waals surface area contributed by atoms with Gasteiger partial charge in [-0.3, -0.25) is 9.79 Å². The first-order chi connectivity index (χ1) is 12.6. The Balaban J connectivity index is 1.40. The van der Waals surface area contributed by atoms with Gasteiger partial charge >= 0.3 is 0 Å². The van der Waals surface area contributed by atoms with E-state index in [9.17, 15) is 4.79 Å². The second kappa shape index (κ2) is 10.1. The van der Waals surface area contributed by atoms with E-state index in [1.807, 2.05) is 35.3 Å². The number of hydrogen-bond donors (Lipinski definition) is 0. The lowest BCUT2D eigenvalue weighted by molar-refractivity contribution is -0.131. The summed E-state index contributed by atoms with van der Waals surface area (Å²) in [4.78, 5) is 20.4. The monoisotopic (exact) mass is 408 g/mol. The molecule has 2 aliphatic rings. The van der Waals surface area contributed by atoms with Crippen LogP contribution in [0.2, 0.25) is 0 Å². The number of rotatable bonds is 6. The zero-order chi connectivity index (χ0) is 18.4. The van der Waals surface area contributed by atoms with E-state index in [1.165, 1.54) is 9.27 Å². The largest absolute Gasteiger partial charge is 0.342 e. The number of hydrogen-bond acceptors (Lipinski definition) is 5. The number of thioether (sulfide) groups is 3. The zero-order valence-electron chi connectivity index (χ0n) is 15.6. The molecule has 0 spiro atoms. The second-order valence-electron chi connectivity index (χ2n) is 7.12. The SMILES string of the molecule is CC(C)Sc1ccc(CC(=O)N2CCC(CSC3=NCCS3)CC2)cc1. The van der Waals surface area contributed by atoms with Gasteiger partial charge < -0.3 is 4.90 Å². The highest BCUT2D eigenvalue weighted by atomic mass is 32.2. The summed E-state index contributed by atoms with van der Waals surface area (Å²) in [5.41, 5.74) is 1.12. The fourth-order valence-electron chi connectivity index (χ4n) is 3.19. The van der Waals surface area contributed by atoms with Crippen molar-refractivity contribution in [2.75, 3.05) is 31.1 Å². The van der Waals surface area contributed by atoms with Crippen LogP contribution in [0, 0.1) is 5.92 Å². The Morgan fingerprint density at radius 3 is 2.62 bits per heavy atom. The molecule has 0 N–H and O–H groups in total. The number of carbonyl (C=O) groups excluding carboxylic acids is 1. The van der Waals surface area contributed by atoms with Crippen LogP contribution in [0.3, 0.4) is 0 Å². The van der Waals surface area contributed by atoms with Gasteiger partial charge in [-0.25, -0.2) is 0 Å². The molecule has 3 rings (SSSR count). The third-order valence-electron chi connectivity index (χ3n) is 4.62. The minimum atomic E-state index is 0.274. The number of aliphatic imine (C=N–C) groups is 1. The highest BCUT2D eigenvalue weighted by Crippen LogP contribution is 2.28. The summed E-state index contributed by atoms with van der Waals surface area (Å²) < 4.78 is 1.27. The van der Waals surface area contributed by atoms with Crippen LogP contribution in [0.15, 0.2) is 34.2 Å². The Morgan fingerprint density at radius 2 is 2.00 bits per heavy atom. The number of likely N-dealkylation sites (tertiary alicyclic amines) is 1. The van der Waals surface area contributed by atoms with E-state index in [4.69, 9.17) is 0 Å². The summed E-state index contributed by atoms with van der Waals surface area (Å²) in [5, 5.41) is 0.585. The van der Waals surface area contributed by atoms with Crippen LogP contribution in [-0.4, -0.2) is 51.6 Å². The molecular formula is C20H28N2OS3. The summed E-state index contributed by atoms with van der Waals surface area (Å²) in [6.07, 6.45) is 2.78. The van der Waals surface area contributed by atoms with Crippen molar-refractivity contribution in [2.45, 2.75) is 43.3 Å². The minimum absolute atomic E-state index is 0.274. The molecule has 0 saturated carbocycles. The lowest BCUT2D eigenvalue weighted by Gasteiger charge is -2.32. The lowest BCUT2D eigenvalue weighted by Crippen LogP contribution is -2.39. The molecule has 1 aromatic rings. The first-order valence-corrected chi connectivity index (χ1v) is 12.3. The van der Waals surface area contributed by atoms with Crippen molar-refractivity contribution in [3.63, 3.8) is 0 Å². The molecular weight excluding hydrogens is 380 g/mol. The fraction of sp³-hybridized carbons (Fsp3) is 0.600. The number of benzene rings is 1. The Bertz CT molecular complexity index is 622. The Kier molecular flexibility index (Phi) is 7.82. The molecule has 1 amide bonds. The first-order valence-electron chi connectivity index (χ1n) is 9.43. The molecule has 0 unspecified atom stereocenters. The molecule has 1 fully saturated rings. The van der Waals surface area contributed by atoms with Gasteiger partial charge in [0.25, 0.3) is 0 Å². The molecule has 0 bridgehead atoms. The molecule has 26 heavy (non-hydrogen) atoms. The van der Waals surface area contributed by atoms with Crippen LogP contribution in [0.5, 0.6) is 0 Å². The number of amides is 1. The van der Waals surface area contributed by atoms with Crippen molar-refractivity contribution in [3.8, 4) is 0 Å². The highest BCUT2D eigenvalue weighted by molar-refractivity contribution is 8.39. The third kappa shape index (κ3) is 6.24. The van der Waals surface area contributed by atoms with Gasteiger partial charge in [0.15, 0.2) is 0 Å². The summed E-state index contributed by atoms with van der Waals surface area (Å²) in [6, 6.07) is 8.49. The zero-order valence-corrected chi connectivity index (χ0v) is 18.1. The van der Waals surface area contributed by atoms with Crippen LogP contribution >= 0.6 is 35.3 Å². The van der Waals surface area contributed by atoms with E-state index in [1.54, 1.807) is 0 Å². The molecule has 1 aromatic carbocycles. The maximum absolute atomic E-state index is 12.6. The predicted octanol–water partition coefficient (Wildman–Crippen LogP) is 4.80. The molecule has 142 valence electrons. The summed E-state index contributed by atoms with van der Waals surface area (Å²) in [6.45, 7) is 7.20. The smallest absolute Gasteiger partial charge is 0.226 e. The van der Waals surface area contributed by atoms with Crippen molar-refractivity contribution >= 4 is 45.6 Å². The molecule has 6 heteroatoms. The molecule has 1 saturated heterocycles. The average Bonchev–Trinajstić information content (AvgIpc) is 3.15. The average molecular weight is 409 g/mol. The van der Waals surface area contributed by atoms with E-state index >= 15 is 0 Å². The van der Waals surface area contributed by atoms with Gasteiger partial charge in [0, 0.05) is 34.7 Å². The third-order valence-corrected chi connectivity index (χ3v) is 8.12. The Hall–Kier alpha value is -0.590. The van der Waals surface area contributed by atoms with Crippen LogP contribution in [-0.2, 0) is 11.2 Å². The maximum Gasteiger partial charge on any atom is 0.226 e. The number of piperidine rings is 1. The quantitative estimate of drug-likeness (QED) is 0.633. The minimum Gasteiger partial charge on any atom is -0.342 e. The van der Waals surface area contributed by atoms with E-state index < -0.39 is 0 Å². The summed E-state index contributed by atoms with van der Waals surface area (Å²) in [5.74, 6) is 3.30. The van der Waals surface area contributed by atoms with Crippen LogP contribution < -0.4 is 0 Å². The number of nitrogens with zero attached hydrogens (tertiary/aromatic N) is 2. The van der Waals surface area contributed by atoms with E-state index in [2.05, 4.69) is 48.0 Å². The van der Waals surface area contributed by atoms with Crippen molar-refractivity contribution < 1.29 is 4.79 Å². The standard InChI is InChI=1S/C20H28N2OS3/c1-15(2)26-18-5-3-16(4-6-18)13-19(23)22-10-7-17(8-11-22)14-25-20-21-9-12-24-20/h3-6,15,17H,7-14H2,1-2H3. The topological polar surface area (TPSA) is 32.7 Å². The van der Waals surface area contributed by atoms with Crippen LogP contribution in [0.4, 0.5) is 0 Å². The van der Waals surface area contributed by atoms with Crippen molar-refractivity contribution in [2.24, 2.45) is 10.9 Å². The maximum atomic E-state index is 12.6. The van der Waals surface area contributed by atoms with Gasteiger partial charge in [-0.2, -0.15) is 0 Å². The summed E-state index contributed by atoms with van der Waals surface area (Å²) >= 11 is 5.66. The Labute approximate surface area is 170 Å². The molecule has 0 aromatic heterocycles. The van der Waals surface area contributed by atoms with Gasteiger partial charge in [0.05, 0.1) is 13.0 Å². The van der Waals surface area contributed by atoms with Crippen molar-refractivity contribution in [3.05, 3.63) is 29.8 Å². The Morgan fingerprint density at radius 1 is 1.27 bits per heavy atom. The molecule has 3 nitrogen and oxygen atoms in total. The van der Waals surface area contributed by atoms with Crippen LogP contribution in [0.1, 0.15) is 32.3 Å². The molecule has 0 radical (unpaired) electrons. The van der Waals surface area contributed by atoms with E-state index in [0.29, 0.717) is 11.7 Å².